The SMILES string of the molecule is CC(C)N(C)c1cccc(Oc2ccc3nc(COc4ccc(CC5SC(=O)NC5=O)cc4)n(C)c3c2)c1. The smallest absolute Gasteiger partial charge is 0.286 e. The van der Waals surface area contributed by atoms with Gasteiger partial charge in [-0.05, 0) is 62.2 Å². The van der Waals surface area contributed by atoms with E-state index in [0.29, 0.717) is 24.8 Å². The van der Waals surface area contributed by atoms with Crippen molar-refractivity contribution in [2.75, 3.05) is 11.9 Å². The molecular formula is C29H30N4O4S. The second-order valence-corrected chi connectivity index (χ2v) is 10.7. The van der Waals surface area contributed by atoms with E-state index >= 15 is 0 Å². The third kappa shape index (κ3) is 5.62. The molecule has 0 aliphatic carbocycles. The van der Waals surface area contributed by atoms with Crippen LogP contribution in [0.25, 0.3) is 11.0 Å². The maximum absolute atomic E-state index is 11.8. The van der Waals surface area contributed by atoms with Gasteiger partial charge in [-0.15, -0.1) is 0 Å². The highest BCUT2D eigenvalue weighted by molar-refractivity contribution is 8.15. The summed E-state index contributed by atoms with van der Waals surface area (Å²) in [6.07, 6.45) is 0.496. The molecule has 196 valence electrons. The first-order valence-electron chi connectivity index (χ1n) is 12.5. The van der Waals surface area contributed by atoms with Gasteiger partial charge in [-0.25, -0.2) is 4.98 Å². The third-order valence-electron chi connectivity index (χ3n) is 6.66. The van der Waals surface area contributed by atoms with Crippen molar-refractivity contribution in [3.63, 3.8) is 0 Å². The highest BCUT2D eigenvalue weighted by Crippen LogP contribution is 2.29. The summed E-state index contributed by atoms with van der Waals surface area (Å²) in [7, 11) is 4.03. The lowest BCUT2D eigenvalue weighted by Gasteiger charge is -2.24. The molecule has 1 fully saturated rings. The molecule has 8 nitrogen and oxygen atoms in total. The van der Waals surface area contributed by atoms with E-state index in [2.05, 4.69) is 37.2 Å². The van der Waals surface area contributed by atoms with Gasteiger partial charge in [-0.2, -0.15) is 0 Å². The van der Waals surface area contributed by atoms with Crippen LogP contribution >= 0.6 is 11.8 Å². The lowest BCUT2D eigenvalue weighted by Crippen LogP contribution is -2.25. The van der Waals surface area contributed by atoms with E-state index in [9.17, 15) is 9.59 Å². The van der Waals surface area contributed by atoms with E-state index in [1.165, 1.54) is 0 Å². The van der Waals surface area contributed by atoms with Gasteiger partial charge in [0.1, 0.15) is 29.7 Å². The van der Waals surface area contributed by atoms with Crippen molar-refractivity contribution in [3.05, 3.63) is 78.1 Å². The minimum absolute atomic E-state index is 0.233. The van der Waals surface area contributed by atoms with Crippen LogP contribution in [0.5, 0.6) is 17.2 Å². The van der Waals surface area contributed by atoms with Gasteiger partial charge in [0.05, 0.1) is 16.3 Å². The number of hydrogen-bond acceptors (Lipinski definition) is 7. The molecule has 4 aromatic rings. The number of carbonyl (C=O) groups excluding carboxylic acids is 2. The van der Waals surface area contributed by atoms with Gasteiger partial charge >= 0.3 is 0 Å². The summed E-state index contributed by atoms with van der Waals surface area (Å²) in [6.45, 7) is 4.61. The third-order valence-corrected chi connectivity index (χ3v) is 7.64. The number of anilines is 1. The van der Waals surface area contributed by atoms with Crippen LogP contribution < -0.4 is 19.7 Å². The average Bonchev–Trinajstić information content (AvgIpc) is 3.39. The first-order chi connectivity index (χ1) is 18.3. The van der Waals surface area contributed by atoms with E-state index in [1.54, 1.807) is 0 Å². The zero-order valence-electron chi connectivity index (χ0n) is 21.8. The molecule has 1 aliphatic heterocycles. The molecule has 0 radical (unpaired) electrons. The van der Waals surface area contributed by atoms with Crippen LogP contribution in [0.15, 0.2) is 66.7 Å². The number of benzene rings is 3. The summed E-state index contributed by atoms with van der Waals surface area (Å²) >= 11 is 1.03. The van der Waals surface area contributed by atoms with E-state index in [0.717, 1.165) is 51.4 Å². The fourth-order valence-corrected chi connectivity index (χ4v) is 5.08. The van der Waals surface area contributed by atoms with Crippen molar-refractivity contribution in [2.24, 2.45) is 7.05 Å². The van der Waals surface area contributed by atoms with Crippen molar-refractivity contribution >= 4 is 39.6 Å². The lowest BCUT2D eigenvalue weighted by molar-refractivity contribution is -0.118. The van der Waals surface area contributed by atoms with Gasteiger partial charge in [-0.3, -0.25) is 14.9 Å². The number of rotatable bonds is 9. The van der Waals surface area contributed by atoms with Crippen LogP contribution in [0.1, 0.15) is 25.2 Å². The number of thioether (sulfide) groups is 1. The van der Waals surface area contributed by atoms with Crippen LogP contribution in [0, 0.1) is 0 Å². The number of nitrogens with one attached hydrogen (secondary N) is 1. The molecule has 3 aromatic carbocycles. The maximum atomic E-state index is 11.8. The molecule has 2 heterocycles. The number of nitrogens with zero attached hydrogens (tertiary/aromatic N) is 3. The number of amides is 2. The maximum Gasteiger partial charge on any atom is 0.286 e. The lowest BCUT2D eigenvalue weighted by atomic mass is 10.1. The van der Waals surface area contributed by atoms with Crippen LogP contribution in [0.2, 0.25) is 0 Å². The fraction of sp³-hybridized carbons (Fsp3) is 0.276. The second kappa shape index (κ2) is 10.8. The van der Waals surface area contributed by atoms with Crippen molar-refractivity contribution in [2.45, 2.75) is 38.2 Å². The fourth-order valence-electron chi connectivity index (χ4n) is 4.22. The Balaban J connectivity index is 1.24. The molecule has 1 aliphatic rings. The normalized spacial score (nSPS) is 15.2. The number of hydrogen-bond donors (Lipinski definition) is 1. The monoisotopic (exact) mass is 530 g/mol. The number of fused-ring (bicyclic) bond motifs is 1. The standard InChI is InChI=1S/C29H30N4O4S/c1-18(2)32(3)20-6-5-7-22(15-20)37-23-12-13-24-25(16-23)33(4)27(30-24)17-36-21-10-8-19(9-11-21)14-26-28(34)31-29(35)38-26/h5-13,15-16,18,26H,14,17H2,1-4H3,(H,31,34,35). The van der Waals surface area contributed by atoms with Crippen LogP contribution in [0.3, 0.4) is 0 Å². The molecule has 0 spiro atoms. The predicted octanol–water partition coefficient (Wildman–Crippen LogP) is 5.68. The van der Waals surface area contributed by atoms with E-state index in [4.69, 9.17) is 14.5 Å². The summed E-state index contributed by atoms with van der Waals surface area (Å²) in [5.74, 6) is 2.78. The number of aryl methyl sites for hydroxylation is 1. The highest BCUT2D eigenvalue weighted by Gasteiger charge is 2.31. The van der Waals surface area contributed by atoms with Crippen LogP contribution in [-0.4, -0.2) is 39.0 Å². The Bertz CT molecular complexity index is 1480. The number of aromatic nitrogens is 2. The van der Waals surface area contributed by atoms with Crippen LogP contribution in [-0.2, 0) is 24.9 Å². The number of carbonyl (C=O) groups is 2. The van der Waals surface area contributed by atoms with Gasteiger partial charge in [0.2, 0.25) is 5.91 Å². The Kier molecular flexibility index (Phi) is 7.28. The molecule has 1 N–H and O–H groups in total. The van der Waals surface area contributed by atoms with Crippen molar-refractivity contribution in [1.82, 2.24) is 14.9 Å². The molecule has 1 unspecified atom stereocenters. The number of ether oxygens (including phenoxy) is 2. The minimum Gasteiger partial charge on any atom is -0.486 e. The van der Waals surface area contributed by atoms with Gasteiger partial charge in [-0.1, -0.05) is 30.0 Å². The summed E-state index contributed by atoms with van der Waals surface area (Å²) < 4.78 is 14.2. The first-order valence-corrected chi connectivity index (χ1v) is 13.3. The molecule has 1 saturated heterocycles. The molecule has 9 heteroatoms. The summed E-state index contributed by atoms with van der Waals surface area (Å²) in [5, 5.41) is 1.65. The molecule has 1 atom stereocenters. The molecule has 0 bridgehead atoms. The van der Waals surface area contributed by atoms with E-state index in [-0.39, 0.29) is 16.4 Å². The summed E-state index contributed by atoms with van der Waals surface area (Å²) in [6, 6.07) is 21.9. The van der Waals surface area contributed by atoms with E-state index in [1.807, 2.05) is 72.3 Å². The van der Waals surface area contributed by atoms with Crippen molar-refractivity contribution < 1.29 is 19.1 Å². The van der Waals surface area contributed by atoms with Gasteiger partial charge < -0.3 is 18.9 Å². The Labute approximate surface area is 225 Å². The minimum atomic E-state index is -0.381. The number of imide groups is 1. The molecule has 1 aromatic heterocycles. The molecule has 2 amide bonds. The molecule has 38 heavy (non-hydrogen) atoms. The Morgan fingerprint density at radius 1 is 1.03 bits per heavy atom. The second-order valence-electron chi connectivity index (χ2n) is 9.56. The van der Waals surface area contributed by atoms with Crippen LogP contribution in [0.4, 0.5) is 10.5 Å². The zero-order valence-corrected chi connectivity index (χ0v) is 22.6. The van der Waals surface area contributed by atoms with Crippen molar-refractivity contribution in [3.8, 4) is 17.2 Å². The quantitative estimate of drug-likeness (QED) is 0.298. The molecule has 0 saturated carbocycles. The Morgan fingerprint density at radius 2 is 1.76 bits per heavy atom. The first kappa shape index (κ1) is 25.7. The van der Waals surface area contributed by atoms with Crippen molar-refractivity contribution in [1.29, 1.82) is 0 Å². The molecule has 5 rings (SSSR count). The largest absolute Gasteiger partial charge is 0.486 e. The van der Waals surface area contributed by atoms with Gasteiger partial charge in [0.15, 0.2) is 0 Å². The summed E-state index contributed by atoms with van der Waals surface area (Å²) in [5.41, 5.74) is 3.89. The average molecular weight is 531 g/mol. The summed E-state index contributed by atoms with van der Waals surface area (Å²) in [4.78, 5) is 30.1. The number of imidazole rings is 1. The Morgan fingerprint density at radius 3 is 2.47 bits per heavy atom. The highest BCUT2D eigenvalue weighted by atomic mass is 32.2. The predicted molar refractivity (Wildman–Crippen MR) is 150 cm³/mol. The zero-order chi connectivity index (χ0) is 26.8. The Hall–Kier alpha value is -3.98. The van der Waals surface area contributed by atoms with E-state index < -0.39 is 0 Å². The van der Waals surface area contributed by atoms with Gasteiger partial charge in [0, 0.05) is 38.0 Å². The van der Waals surface area contributed by atoms with Gasteiger partial charge in [0.25, 0.3) is 5.24 Å². The topological polar surface area (TPSA) is 85.7 Å². The molecular weight excluding hydrogens is 500 g/mol.